The summed E-state index contributed by atoms with van der Waals surface area (Å²) < 4.78 is 0. The highest BCUT2D eigenvalue weighted by atomic mass is 15.1. The Kier molecular flexibility index (Phi) is 5.85. The minimum Gasteiger partial charge on any atom is -0.345 e. The van der Waals surface area contributed by atoms with Gasteiger partial charge >= 0.3 is 0 Å². The molecular formula is C28H28N2. The van der Waals surface area contributed by atoms with E-state index in [4.69, 9.17) is 0 Å². The Bertz CT molecular complexity index is 1070. The first-order valence-corrected chi connectivity index (χ1v) is 10.4. The lowest BCUT2D eigenvalue weighted by Gasteiger charge is -2.20. The molecule has 2 heteroatoms. The standard InChI is InChI=1S/C28H28N2/c1-22-9-15-26(16-10-22)30(3)28-19-13-24(14-20-28)21-23-11-17-27(18-12-23)29(2)25-7-5-4-6-8-25/h4-20H,21H2,1-3H3. The molecule has 0 aliphatic carbocycles. The molecule has 0 spiro atoms. The first kappa shape index (κ1) is 19.8. The Hall–Kier alpha value is -3.52. The number of para-hydroxylation sites is 1. The summed E-state index contributed by atoms with van der Waals surface area (Å²) in [5.74, 6) is 0. The molecule has 2 nitrogen and oxygen atoms in total. The average molecular weight is 393 g/mol. The number of benzene rings is 4. The van der Waals surface area contributed by atoms with Gasteiger partial charge in [-0.05, 0) is 73.0 Å². The Morgan fingerprint density at radius 1 is 0.467 bits per heavy atom. The van der Waals surface area contributed by atoms with Crippen molar-refractivity contribution in [1.29, 1.82) is 0 Å². The van der Waals surface area contributed by atoms with Crippen molar-refractivity contribution < 1.29 is 0 Å². The van der Waals surface area contributed by atoms with E-state index in [2.05, 4.69) is 128 Å². The molecule has 30 heavy (non-hydrogen) atoms. The molecule has 4 aromatic rings. The van der Waals surface area contributed by atoms with Crippen LogP contribution >= 0.6 is 0 Å². The second kappa shape index (κ2) is 8.87. The number of nitrogens with zero attached hydrogens (tertiary/aromatic N) is 2. The summed E-state index contributed by atoms with van der Waals surface area (Å²) >= 11 is 0. The molecule has 0 atom stereocenters. The Balaban J connectivity index is 1.42. The molecule has 4 aromatic carbocycles. The van der Waals surface area contributed by atoms with Gasteiger partial charge in [0.2, 0.25) is 0 Å². The van der Waals surface area contributed by atoms with Gasteiger partial charge in [-0.2, -0.15) is 0 Å². The third kappa shape index (κ3) is 4.55. The summed E-state index contributed by atoms with van der Waals surface area (Å²) in [6, 6.07) is 36.8. The predicted octanol–water partition coefficient (Wildman–Crippen LogP) is 7.12. The molecule has 4 rings (SSSR count). The monoisotopic (exact) mass is 392 g/mol. The van der Waals surface area contributed by atoms with Crippen LogP contribution in [0.15, 0.2) is 103 Å². The molecule has 0 unspecified atom stereocenters. The van der Waals surface area contributed by atoms with Crippen LogP contribution in [0.1, 0.15) is 16.7 Å². The van der Waals surface area contributed by atoms with Crippen LogP contribution in [-0.4, -0.2) is 14.1 Å². The lowest BCUT2D eigenvalue weighted by molar-refractivity contribution is 1.16. The van der Waals surface area contributed by atoms with Crippen LogP contribution in [-0.2, 0) is 6.42 Å². The van der Waals surface area contributed by atoms with E-state index in [1.54, 1.807) is 0 Å². The van der Waals surface area contributed by atoms with E-state index in [0.717, 1.165) is 6.42 Å². The van der Waals surface area contributed by atoms with Gasteiger partial charge in [0.25, 0.3) is 0 Å². The fourth-order valence-corrected chi connectivity index (χ4v) is 3.63. The lowest BCUT2D eigenvalue weighted by Crippen LogP contribution is -2.09. The van der Waals surface area contributed by atoms with Crippen molar-refractivity contribution in [3.05, 3.63) is 120 Å². The van der Waals surface area contributed by atoms with Crippen LogP contribution in [0.5, 0.6) is 0 Å². The third-order valence-electron chi connectivity index (χ3n) is 5.62. The smallest absolute Gasteiger partial charge is 0.0408 e. The molecule has 0 saturated carbocycles. The number of aryl methyl sites for hydroxylation is 1. The number of hydrogen-bond donors (Lipinski definition) is 0. The molecule has 150 valence electrons. The highest BCUT2D eigenvalue weighted by Gasteiger charge is 2.06. The molecule has 0 amide bonds. The molecule has 0 heterocycles. The maximum Gasteiger partial charge on any atom is 0.0408 e. The minimum absolute atomic E-state index is 0.934. The highest BCUT2D eigenvalue weighted by Crippen LogP contribution is 2.26. The predicted molar refractivity (Wildman–Crippen MR) is 129 cm³/mol. The summed E-state index contributed by atoms with van der Waals surface area (Å²) in [4.78, 5) is 4.43. The zero-order chi connectivity index (χ0) is 20.9. The van der Waals surface area contributed by atoms with Gasteiger partial charge in [-0.1, -0.05) is 60.2 Å². The molecule has 0 fully saturated rings. The highest BCUT2D eigenvalue weighted by molar-refractivity contribution is 5.64. The van der Waals surface area contributed by atoms with E-state index in [9.17, 15) is 0 Å². The van der Waals surface area contributed by atoms with E-state index in [1.807, 2.05) is 6.07 Å². The van der Waals surface area contributed by atoms with Crippen LogP contribution in [0.2, 0.25) is 0 Å². The molecule has 0 aliphatic heterocycles. The maximum absolute atomic E-state index is 2.23. The van der Waals surface area contributed by atoms with Crippen LogP contribution in [0, 0.1) is 6.92 Å². The van der Waals surface area contributed by atoms with Crippen molar-refractivity contribution in [3.63, 3.8) is 0 Å². The van der Waals surface area contributed by atoms with Crippen molar-refractivity contribution in [2.45, 2.75) is 13.3 Å². The van der Waals surface area contributed by atoms with Crippen LogP contribution in [0.4, 0.5) is 22.7 Å². The zero-order valence-electron chi connectivity index (χ0n) is 17.9. The van der Waals surface area contributed by atoms with Crippen molar-refractivity contribution in [3.8, 4) is 0 Å². The second-order valence-corrected chi connectivity index (χ2v) is 7.80. The molecule has 0 aromatic heterocycles. The van der Waals surface area contributed by atoms with E-state index < -0.39 is 0 Å². The van der Waals surface area contributed by atoms with Gasteiger partial charge in [0.1, 0.15) is 0 Å². The first-order chi connectivity index (χ1) is 14.6. The van der Waals surface area contributed by atoms with Crippen molar-refractivity contribution in [2.24, 2.45) is 0 Å². The first-order valence-electron chi connectivity index (χ1n) is 10.4. The summed E-state index contributed by atoms with van der Waals surface area (Å²) in [5.41, 5.74) is 8.70. The van der Waals surface area contributed by atoms with Crippen molar-refractivity contribution in [1.82, 2.24) is 0 Å². The van der Waals surface area contributed by atoms with Gasteiger partial charge in [0, 0.05) is 36.8 Å². The molecule has 0 N–H and O–H groups in total. The fraction of sp³-hybridized carbons (Fsp3) is 0.143. The molecule has 0 aliphatic rings. The topological polar surface area (TPSA) is 6.48 Å². The number of rotatable bonds is 6. The quantitative estimate of drug-likeness (QED) is 0.345. The van der Waals surface area contributed by atoms with Crippen LogP contribution in [0.25, 0.3) is 0 Å². The van der Waals surface area contributed by atoms with E-state index in [1.165, 1.54) is 39.4 Å². The van der Waals surface area contributed by atoms with Crippen LogP contribution in [0.3, 0.4) is 0 Å². The largest absolute Gasteiger partial charge is 0.345 e. The average Bonchev–Trinajstić information content (AvgIpc) is 2.80. The van der Waals surface area contributed by atoms with E-state index >= 15 is 0 Å². The van der Waals surface area contributed by atoms with Gasteiger partial charge < -0.3 is 9.80 Å². The third-order valence-corrected chi connectivity index (χ3v) is 5.62. The van der Waals surface area contributed by atoms with Gasteiger partial charge in [-0.3, -0.25) is 0 Å². The Labute approximate surface area is 180 Å². The van der Waals surface area contributed by atoms with Gasteiger partial charge in [0.15, 0.2) is 0 Å². The molecular weight excluding hydrogens is 364 g/mol. The SMILES string of the molecule is Cc1ccc(N(C)c2ccc(Cc3ccc(N(C)c4ccccc4)cc3)cc2)cc1. The van der Waals surface area contributed by atoms with Gasteiger partial charge in [0.05, 0.1) is 0 Å². The Morgan fingerprint density at radius 2 is 0.833 bits per heavy atom. The van der Waals surface area contributed by atoms with E-state index in [0.29, 0.717) is 0 Å². The van der Waals surface area contributed by atoms with Gasteiger partial charge in [-0.15, -0.1) is 0 Å². The number of hydrogen-bond acceptors (Lipinski definition) is 2. The normalized spacial score (nSPS) is 10.6. The molecule has 0 radical (unpaired) electrons. The summed E-state index contributed by atoms with van der Waals surface area (Å²) in [6.07, 6.45) is 0.934. The Morgan fingerprint density at radius 3 is 1.27 bits per heavy atom. The summed E-state index contributed by atoms with van der Waals surface area (Å²) in [5, 5.41) is 0. The number of anilines is 4. The minimum atomic E-state index is 0.934. The van der Waals surface area contributed by atoms with Crippen LogP contribution < -0.4 is 9.80 Å². The lowest BCUT2D eigenvalue weighted by atomic mass is 10.0. The maximum atomic E-state index is 2.23. The second-order valence-electron chi connectivity index (χ2n) is 7.80. The molecule has 0 bridgehead atoms. The zero-order valence-corrected chi connectivity index (χ0v) is 17.9. The summed E-state index contributed by atoms with van der Waals surface area (Å²) in [6.45, 7) is 2.12. The fourth-order valence-electron chi connectivity index (χ4n) is 3.63. The molecule has 0 saturated heterocycles. The summed E-state index contributed by atoms with van der Waals surface area (Å²) in [7, 11) is 4.22. The van der Waals surface area contributed by atoms with Crippen molar-refractivity contribution >= 4 is 22.7 Å². The van der Waals surface area contributed by atoms with Crippen molar-refractivity contribution in [2.75, 3.05) is 23.9 Å². The van der Waals surface area contributed by atoms with Gasteiger partial charge in [-0.25, -0.2) is 0 Å². The van der Waals surface area contributed by atoms with E-state index in [-0.39, 0.29) is 0 Å².